The van der Waals surface area contributed by atoms with Gasteiger partial charge in [-0.15, -0.1) is 11.3 Å². The first-order valence-electron chi connectivity index (χ1n) is 4.91. The van der Waals surface area contributed by atoms with Gasteiger partial charge in [-0.25, -0.2) is 13.2 Å². The Morgan fingerprint density at radius 1 is 1.38 bits per heavy atom. The van der Waals surface area contributed by atoms with E-state index in [1.54, 1.807) is 0 Å². The third-order valence-electron chi connectivity index (χ3n) is 1.96. The normalized spacial score (nSPS) is 14.0. The summed E-state index contributed by atoms with van der Waals surface area (Å²) in [5.74, 6) is -1.19. The van der Waals surface area contributed by atoms with Gasteiger partial charge in [-0.3, -0.25) is 0 Å². The van der Waals surface area contributed by atoms with Crippen LogP contribution in [0.2, 0.25) is 8.67 Å². The number of carbonyl (C=O) groups is 1. The number of hydrogen-bond acceptors (Lipinski definition) is 6. The summed E-state index contributed by atoms with van der Waals surface area (Å²) < 4.78 is 60.5. The fourth-order valence-electron chi connectivity index (χ4n) is 1.07. The highest BCUT2D eigenvalue weighted by Crippen LogP contribution is 2.47. The van der Waals surface area contributed by atoms with E-state index in [9.17, 15) is 26.4 Å². The van der Waals surface area contributed by atoms with E-state index in [0.717, 1.165) is 0 Å². The molecule has 1 unspecified atom stereocenters. The minimum atomic E-state index is -5.06. The summed E-state index contributed by atoms with van der Waals surface area (Å²) in [6.45, 7) is 1.19. The van der Waals surface area contributed by atoms with Crippen molar-refractivity contribution in [3.05, 3.63) is 14.2 Å². The molecule has 120 valence electrons. The Morgan fingerprint density at radius 2 is 1.90 bits per heavy atom. The fourth-order valence-corrected chi connectivity index (χ4v) is 4.48. The molecule has 0 amide bonds. The molecule has 1 rings (SSSR count). The van der Waals surface area contributed by atoms with Gasteiger partial charge < -0.3 is 10.6 Å². The molecule has 1 aromatic rings. The lowest BCUT2D eigenvalue weighted by Gasteiger charge is -2.11. The third-order valence-corrected chi connectivity index (χ3v) is 5.05. The van der Waals surface area contributed by atoms with Crippen molar-refractivity contribution in [3.8, 4) is 0 Å². The second kappa shape index (κ2) is 6.26. The van der Waals surface area contributed by atoms with Crippen molar-refractivity contribution in [1.29, 1.82) is 0 Å². The molecule has 0 spiro atoms. The second-order valence-corrected chi connectivity index (χ2v) is 7.45. The summed E-state index contributed by atoms with van der Waals surface area (Å²) in [5, 5.41) is 0. The highest BCUT2D eigenvalue weighted by atomic mass is 35.5. The number of sulfonamides is 1. The van der Waals surface area contributed by atoms with Crippen LogP contribution in [0.4, 0.5) is 13.2 Å². The first kappa shape index (κ1) is 18.5. The first-order valence-corrected chi connectivity index (χ1v) is 7.96. The molecule has 0 aliphatic rings. The van der Waals surface area contributed by atoms with Crippen molar-refractivity contribution in [1.82, 2.24) is 4.89 Å². The zero-order valence-corrected chi connectivity index (χ0v) is 13.1. The summed E-state index contributed by atoms with van der Waals surface area (Å²) in [6, 6.07) is -1.18. The Balaban J connectivity index is 3.24. The lowest BCUT2D eigenvalue weighted by molar-refractivity contribution is -0.148. The number of halogens is 5. The fraction of sp³-hybridized carbons (Fsp3) is 0.375. The average molecular weight is 387 g/mol. The lowest BCUT2D eigenvalue weighted by atomic mass is 10.3. The van der Waals surface area contributed by atoms with Gasteiger partial charge in [0.05, 0.1) is 0 Å². The number of carbonyl (C=O) groups excluding carboxylic acids is 1. The van der Waals surface area contributed by atoms with Crippen LogP contribution in [0.3, 0.4) is 0 Å². The van der Waals surface area contributed by atoms with Crippen LogP contribution in [-0.4, -0.2) is 20.4 Å². The molecule has 0 fully saturated rings. The van der Waals surface area contributed by atoms with Gasteiger partial charge in [0.1, 0.15) is 25.2 Å². The molecule has 1 atom stereocenters. The molecule has 1 aromatic heterocycles. The zero-order valence-electron chi connectivity index (χ0n) is 9.99. The Morgan fingerprint density at radius 3 is 2.33 bits per heavy atom. The summed E-state index contributed by atoms with van der Waals surface area (Å²) >= 11 is 11.0. The van der Waals surface area contributed by atoms with Gasteiger partial charge in [-0.1, -0.05) is 23.2 Å². The molecule has 13 heteroatoms. The SMILES string of the molecule is CC(N)C(=O)ONS(=O)(=O)c1c(Cl)sc(Cl)c1C(F)(F)F. The molecule has 0 saturated carbocycles. The quantitative estimate of drug-likeness (QED) is 0.772. The number of thiophene rings is 1. The van der Waals surface area contributed by atoms with Crippen LogP contribution in [0.1, 0.15) is 12.5 Å². The lowest BCUT2D eigenvalue weighted by Crippen LogP contribution is -2.36. The van der Waals surface area contributed by atoms with Crippen LogP contribution in [0.15, 0.2) is 4.90 Å². The standard InChI is InChI=1S/C8H7Cl2F3N2O4S2/c1-2(14)7(16)19-15-21(17,18)4-3(8(11,12)13)5(9)20-6(4)10/h2,15H,14H2,1H3. The maximum atomic E-state index is 12.8. The van der Waals surface area contributed by atoms with Gasteiger partial charge in [-0.05, 0) is 11.8 Å². The summed E-state index contributed by atoms with van der Waals surface area (Å²) in [6.07, 6.45) is -5.06. The van der Waals surface area contributed by atoms with Crippen LogP contribution in [0, 0.1) is 0 Å². The molecule has 0 saturated heterocycles. The van der Waals surface area contributed by atoms with E-state index in [2.05, 4.69) is 4.84 Å². The van der Waals surface area contributed by atoms with Gasteiger partial charge in [-0.2, -0.15) is 13.2 Å². The number of rotatable bonds is 4. The average Bonchev–Trinajstić information content (AvgIpc) is 2.61. The largest absolute Gasteiger partial charge is 0.420 e. The van der Waals surface area contributed by atoms with Crippen molar-refractivity contribution in [2.75, 3.05) is 0 Å². The molecule has 0 aromatic carbocycles. The number of nitrogens with one attached hydrogen (secondary N) is 1. The smallest absolute Gasteiger partial charge is 0.354 e. The van der Waals surface area contributed by atoms with Crippen LogP contribution < -0.4 is 10.6 Å². The van der Waals surface area contributed by atoms with Gasteiger partial charge in [0.25, 0.3) is 10.0 Å². The highest BCUT2D eigenvalue weighted by molar-refractivity contribution is 7.89. The van der Waals surface area contributed by atoms with Crippen LogP contribution in [0.5, 0.6) is 0 Å². The van der Waals surface area contributed by atoms with Gasteiger partial charge in [0, 0.05) is 0 Å². The Kier molecular flexibility index (Phi) is 5.51. The maximum absolute atomic E-state index is 12.8. The van der Waals surface area contributed by atoms with Crippen molar-refractivity contribution in [3.63, 3.8) is 0 Å². The Bertz CT molecular complexity index is 657. The van der Waals surface area contributed by atoms with Crippen molar-refractivity contribution < 1.29 is 31.2 Å². The topological polar surface area (TPSA) is 98.5 Å². The van der Waals surface area contributed by atoms with E-state index in [-0.39, 0.29) is 11.3 Å². The first-order chi connectivity index (χ1) is 9.38. The molecule has 0 aliphatic heterocycles. The Labute approximate surface area is 131 Å². The van der Waals surface area contributed by atoms with E-state index in [1.165, 1.54) is 11.8 Å². The van der Waals surface area contributed by atoms with Crippen LogP contribution in [0.25, 0.3) is 0 Å². The summed E-state index contributed by atoms with van der Waals surface area (Å²) in [4.78, 5) is 15.0. The Hall–Kier alpha value is -0.590. The predicted molar refractivity (Wildman–Crippen MR) is 69.4 cm³/mol. The van der Waals surface area contributed by atoms with Crippen molar-refractivity contribution in [2.45, 2.75) is 24.0 Å². The van der Waals surface area contributed by atoms with Crippen LogP contribution in [-0.2, 0) is 25.8 Å². The molecule has 0 aliphatic carbocycles. The molecular weight excluding hydrogens is 380 g/mol. The zero-order chi connectivity index (χ0) is 16.6. The van der Waals surface area contributed by atoms with Crippen molar-refractivity contribution in [2.24, 2.45) is 5.73 Å². The molecule has 0 radical (unpaired) electrons. The minimum Gasteiger partial charge on any atom is -0.354 e. The third kappa shape index (κ3) is 4.20. The maximum Gasteiger partial charge on any atom is 0.420 e. The molecule has 1 heterocycles. The molecule has 3 N–H and O–H groups in total. The molecule has 6 nitrogen and oxygen atoms in total. The van der Waals surface area contributed by atoms with E-state index >= 15 is 0 Å². The van der Waals surface area contributed by atoms with E-state index < -0.39 is 47.3 Å². The van der Waals surface area contributed by atoms with E-state index in [1.807, 2.05) is 0 Å². The number of hydrogen-bond donors (Lipinski definition) is 2. The van der Waals surface area contributed by atoms with E-state index in [0.29, 0.717) is 0 Å². The minimum absolute atomic E-state index is 0.217. The van der Waals surface area contributed by atoms with Gasteiger partial charge in [0.15, 0.2) is 0 Å². The molecular formula is C8H7Cl2F3N2O4S2. The van der Waals surface area contributed by atoms with Crippen molar-refractivity contribution >= 4 is 50.5 Å². The monoisotopic (exact) mass is 386 g/mol. The summed E-state index contributed by atoms with van der Waals surface area (Å²) in [5.41, 5.74) is 3.47. The number of nitrogens with two attached hydrogens (primary N) is 1. The van der Waals surface area contributed by atoms with Gasteiger partial charge in [0.2, 0.25) is 0 Å². The highest BCUT2D eigenvalue weighted by Gasteiger charge is 2.43. The van der Waals surface area contributed by atoms with E-state index in [4.69, 9.17) is 28.9 Å². The molecule has 0 bridgehead atoms. The molecule has 21 heavy (non-hydrogen) atoms. The second-order valence-electron chi connectivity index (χ2n) is 3.65. The number of alkyl halides is 3. The van der Waals surface area contributed by atoms with Gasteiger partial charge >= 0.3 is 12.1 Å². The van der Waals surface area contributed by atoms with Crippen LogP contribution >= 0.6 is 34.5 Å². The predicted octanol–water partition coefficient (Wildman–Crippen LogP) is 2.16. The summed E-state index contributed by atoms with van der Waals surface area (Å²) in [7, 11) is -4.89.